The van der Waals surface area contributed by atoms with Crippen molar-refractivity contribution in [2.75, 3.05) is 13.1 Å². The van der Waals surface area contributed by atoms with E-state index in [9.17, 15) is 0 Å². The fourth-order valence-corrected chi connectivity index (χ4v) is 1.75. The molecule has 0 aliphatic heterocycles. The largest absolute Gasteiger partial charge is 0.370 e. The Morgan fingerprint density at radius 2 is 2.09 bits per heavy atom. The molecule has 0 amide bonds. The molecule has 0 spiro atoms. The minimum absolute atomic E-state index is 0. The maximum atomic E-state index is 5.78. The average molecular weight is 427 g/mol. The first-order valence-electron chi connectivity index (χ1n) is 7.13. The maximum absolute atomic E-state index is 5.78. The smallest absolute Gasteiger partial charge is 0.231 e. The fraction of sp³-hybridized carbons (Fsp3) is 0.312. The summed E-state index contributed by atoms with van der Waals surface area (Å²) in [5.74, 6) is 1.52. The molecular weight excluding hydrogens is 405 g/mol. The van der Waals surface area contributed by atoms with E-state index in [1.807, 2.05) is 44.2 Å². The number of aliphatic imine (C=N–C) groups is 1. The van der Waals surface area contributed by atoms with Gasteiger partial charge in [0.1, 0.15) is 0 Å². The van der Waals surface area contributed by atoms with Crippen LogP contribution in [-0.4, -0.2) is 29.2 Å². The number of nitrogens with two attached hydrogens (primary N) is 1. The number of nitrogens with one attached hydrogen (secondary N) is 1. The second kappa shape index (κ2) is 9.29. The minimum Gasteiger partial charge on any atom is -0.370 e. The van der Waals surface area contributed by atoms with Gasteiger partial charge in [-0.2, -0.15) is 4.98 Å². The van der Waals surface area contributed by atoms with Crippen molar-refractivity contribution in [3.05, 3.63) is 48.4 Å². The molecule has 23 heavy (non-hydrogen) atoms. The SMILES string of the molecule is C=C(C)CNC(N)=NCC(C)c1nc(-c2ccccc2)no1.I. The van der Waals surface area contributed by atoms with Crippen molar-refractivity contribution in [1.82, 2.24) is 15.5 Å². The van der Waals surface area contributed by atoms with Gasteiger partial charge in [0.15, 0.2) is 5.96 Å². The first kappa shape index (κ1) is 19.1. The Morgan fingerprint density at radius 3 is 2.74 bits per heavy atom. The van der Waals surface area contributed by atoms with E-state index in [4.69, 9.17) is 10.3 Å². The maximum Gasteiger partial charge on any atom is 0.231 e. The van der Waals surface area contributed by atoms with E-state index in [-0.39, 0.29) is 29.9 Å². The lowest BCUT2D eigenvalue weighted by molar-refractivity contribution is 0.361. The molecule has 1 aromatic carbocycles. The monoisotopic (exact) mass is 427 g/mol. The molecule has 0 aliphatic carbocycles. The summed E-state index contributed by atoms with van der Waals surface area (Å²) >= 11 is 0. The summed E-state index contributed by atoms with van der Waals surface area (Å²) in [5.41, 5.74) is 7.70. The molecule has 7 heteroatoms. The molecule has 3 N–H and O–H groups in total. The van der Waals surface area contributed by atoms with Gasteiger partial charge < -0.3 is 15.6 Å². The lowest BCUT2D eigenvalue weighted by atomic mass is 10.2. The zero-order valence-electron chi connectivity index (χ0n) is 13.3. The number of hydrogen-bond donors (Lipinski definition) is 2. The number of guanidine groups is 1. The number of aromatic nitrogens is 2. The van der Waals surface area contributed by atoms with Crippen LogP contribution < -0.4 is 11.1 Å². The highest BCUT2D eigenvalue weighted by atomic mass is 127. The summed E-state index contributed by atoms with van der Waals surface area (Å²) in [6.07, 6.45) is 0. The van der Waals surface area contributed by atoms with Crippen molar-refractivity contribution >= 4 is 29.9 Å². The van der Waals surface area contributed by atoms with E-state index in [1.165, 1.54) is 0 Å². The van der Waals surface area contributed by atoms with Gasteiger partial charge in [-0.1, -0.05) is 54.6 Å². The molecule has 2 rings (SSSR count). The van der Waals surface area contributed by atoms with Crippen LogP contribution in [0.3, 0.4) is 0 Å². The molecule has 0 aliphatic rings. The van der Waals surface area contributed by atoms with Crippen LogP contribution in [0.5, 0.6) is 0 Å². The van der Waals surface area contributed by atoms with Crippen molar-refractivity contribution in [1.29, 1.82) is 0 Å². The van der Waals surface area contributed by atoms with Crippen molar-refractivity contribution in [2.45, 2.75) is 19.8 Å². The van der Waals surface area contributed by atoms with Gasteiger partial charge >= 0.3 is 0 Å². The van der Waals surface area contributed by atoms with Crippen LogP contribution in [0, 0.1) is 0 Å². The molecule has 1 heterocycles. The summed E-state index contributed by atoms with van der Waals surface area (Å²) in [5, 5.41) is 6.98. The van der Waals surface area contributed by atoms with E-state index in [0.29, 0.717) is 30.8 Å². The van der Waals surface area contributed by atoms with Crippen LogP contribution in [0.1, 0.15) is 25.7 Å². The fourth-order valence-electron chi connectivity index (χ4n) is 1.75. The van der Waals surface area contributed by atoms with E-state index in [1.54, 1.807) is 0 Å². The Hall–Kier alpha value is -1.90. The predicted octanol–water partition coefficient (Wildman–Crippen LogP) is 2.94. The third-order valence-electron chi connectivity index (χ3n) is 3.00. The quantitative estimate of drug-likeness (QED) is 0.320. The molecule has 1 aromatic heterocycles. The second-order valence-electron chi connectivity index (χ2n) is 5.26. The van der Waals surface area contributed by atoms with Gasteiger partial charge in [-0.05, 0) is 6.92 Å². The molecule has 1 atom stereocenters. The zero-order chi connectivity index (χ0) is 15.9. The number of nitrogens with zero attached hydrogens (tertiary/aromatic N) is 3. The molecule has 0 saturated heterocycles. The number of halogens is 1. The van der Waals surface area contributed by atoms with Crippen molar-refractivity contribution in [3.8, 4) is 11.4 Å². The van der Waals surface area contributed by atoms with Crippen LogP contribution in [0.15, 0.2) is 52.0 Å². The van der Waals surface area contributed by atoms with Gasteiger partial charge in [-0.25, -0.2) is 0 Å². The summed E-state index contributed by atoms with van der Waals surface area (Å²) in [4.78, 5) is 8.68. The van der Waals surface area contributed by atoms with Gasteiger partial charge in [-0.3, -0.25) is 4.99 Å². The number of rotatable bonds is 6. The normalized spacial score (nSPS) is 12.3. The van der Waals surface area contributed by atoms with Gasteiger partial charge in [0.2, 0.25) is 11.7 Å². The molecule has 0 saturated carbocycles. The third kappa shape index (κ3) is 6.01. The van der Waals surface area contributed by atoms with Crippen molar-refractivity contribution < 1.29 is 4.52 Å². The number of hydrogen-bond acceptors (Lipinski definition) is 4. The molecule has 1 unspecified atom stereocenters. The van der Waals surface area contributed by atoms with Gasteiger partial charge in [-0.15, -0.1) is 24.0 Å². The summed E-state index contributed by atoms with van der Waals surface area (Å²) in [7, 11) is 0. The molecule has 2 aromatic rings. The Morgan fingerprint density at radius 1 is 1.39 bits per heavy atom. The molecule has 0 bridgehead atoms. The highest BCUT2D eigenvalue weighted by Gasteiger charge is 2.14. The van der Waals surface area contributed by atoms with Crippen LogP contribution in [0.25, 0.3) is 11.4 Å². The Kier molecular flexibility index (Phi) is 7.73. The van der Waals surface area contributed by atoms with Crippen LogP contribution >= 0.6 is 24.0 Å². The van der Waals surface area contributed by atoms with Crippen LogP contribution in [-0.2, 0) is 0 Å². The summed E-state index contributed by atoms with van der Waals surface area (Å²) < 4.78 is 5.31. The zero-order valence-corrected chi connectivity index (χ0v) is 15.7. The van der Waals surface area contributed by atoms with Gasteiger partial charge in [0, 0.05) is 12.1 Å². The standard InChI is InChI=1S/C16H21N5O.HI/c1-11(2)9-18-16(17)19-10-12(3)15-20-14(21-22-15)13-7-5-4-6-8-13;/h4-8,12H,1,9-10H2,2-3H3,(H3,17,18,19);1H. The Bertz CT molecular complexity index is 654. The highest BCUT2D eigenvalue weighted by molar-refractivity contribution is 14.0. The van der Waals surface area contributed by atoms with Crippen molar-refractivity contribution in [3.63, 3.8) is 0 Å². The summed E-state index contributed by atoms with van der Waals surface area (Å²) in [6.45, 7) is 8.78. The first-order valence-corrected chi connectivity index (χ1v) is 7.13. The van der Waals surface area contributed by atoms with Gasteiger partial charge in [0.25, 0.3) is 0 Å². The molecule has 0 radical (unpaired) electrons. The van der Waals surface area contributed by atoms with E-state index in [0.717, 1.165) is 11.1 Å². The molecule has 124 valence electrons. The first-order chi connectivity index (χ1) is 10.6. The average Bonchev–Trinajstić information content (AvgIpc) is 3.01. The van der Waals surface area contributed by atoms with Crippen LogP contribution in [0.4, 0.5) is 0 Å². The Labute approximate surface area is 153 Å². The van der Waals surface area contributed by atoms with Crippen molar-refractivity contribution in [2.24, 2.45) is 10.7 Å². The predicted molar refractivity (Wildman–Crippen MR) is 103 cm³/mol. The highest BCUT2D eigenvalue weighted by Crippen LogP contribution is 2.19. The topological polar surface area (TPSA) is 89.3 Å². The van der Waals surface area contributed by atoms with E-state index < -0.39 is 0 Å². The third-order valence-corrected chi connectivity index (χ3v) is 3.00. The second-order valence-corrected chi connectivity index (χ2v) is 5.26. The van der Waals surface area contributed by atoms with Gasteiger partial charge in [0.05, 0.1) is 12.5 Å². The number of benzene rings is 1. The molecular formula is C16H22IN5O. The lowest BCUT2D eigenvalue weighted by Gasteiger charge is -2.06. The van der Waals surface area contributed by atoms with E-state index >= 15 is 0 Å². The van der Waals surface area contributed by atoms with E-state index in [2.05, 4.69) is 27.0 Å². The minimum atomic E-state index is -0.00450. The summed E-state index contributed by atoms with van der Waals surface area (Å²) in [6, 6.07) is 9.70. The molecule has 0 fully saturated rings. The lowest BCUT2D eigenvalue weighted by Crippen LogP contribution is -2.33. The van der Waals surface area contributed by atoms with Crippen LogP contribution in [0.2, 0.25) is 0 Å². The molecule has 6 nitrogen and oxygen atoms in total. The Balaban J connectivity index is 0.00000264.